The lowest BCUT2D eigenvalue weighted by atomic mass is 10.1. The quantitative estimate of drug-likeness (QED) is 0.604. The maximum Gasteiger partial charge on any atom is 0.322 e. The van der Waals surface area contributed by atoms with Crippen LogP contribution >= 0.6 is 0 Å². The summed E-state index contributed by atoms with van der Waals surface area (Å²) in [5.41, 5.74) is 0.371. The fourth-order valence-corrected chi connectivity index (χ4v) is 2.45. The Hall–Kier alpha value is -3.81. The summed E-state index contributed by atoms with van der Waals surface area (Å²) in [6.07, 6.45) is 0. The standard InChI is InChI=1S/C19H15NO7/c21-13-6-12(26-10-17(23)20-9-18(24)25)7-16-19(13)14(22)8-15(27-16)11-4-2-1-3-5-11/h1-8,21H,9-10H2,(H,20,23)(H,24,25). The number of hydrogen-bond donors (Lipinski definition) is 3. The molecule has 2 aromatic carbocycles. The lowest BCUT2D eigenvalue weighted by Crippen LogP contribution is -2.33. The summed E-state index contributed by atoms with van der Waals surface area (Å²) < 4.78 is 11.0. The highest BCUT2D eigenvalue weighted by atomic mass is 16.5. The summed E-state index contributed by atoms with van der Waals surface area (Å²) in [5.74, 6) is -1.75. The molecule has 0 saturated heterocycles. The molecule has 0 bridgehead atoms. The SMILES string of the molecule is O=C(O)CNC(=O)COc1cc(O)c2c(=O)cc(-c3ccccc3)oc2c1. The molecule has 27 heavy (non-hydrogen) atoms. The molecule has 3 rings (SSSR count). The first kappa shape index (κ1) is 18.0. The van der Waals surface area contributed by atoms with Gasteiger partial charge in [-0.3, -0.25) is 14.4 Å². The van der Waals surface area contributed by atoms with Gasteiger partial charge >= 0.3 is 5.97 Å². The van der Waals surface area contributed by atoms with E-state index in [1.54, 1.807) is 24.3 Å². The average Bonchev–Trinajstić information content (AvgIpc) is 2.64. The highest BCUT2D eigenvalue weighted by molar-refractivity contribution is 5.86. The number of phenolic OH excluding ortho intramolecular Hbond substituents is 1. The highest BCUT2D eigenvalue weighted by Gasteiger charge is 2.13. The van der Waals surface area contributed by atoms with Crippen molar-refractivity contribution in [1.29, 1.82) is 0 Å². The Morgan fingerprint density at radius 3 is 2.56 bits per heavy atom. The van der Waals surface area contributed by atoms with Gasteiger partial charge in [-0.25, -0.2) is 0 Å². The molecule has 1 aromatic heterocycles. The van der Waals surface area contributed by atoms with Crippen molar-refractivity contribution in [2.45, 2.75) is 0 Å². The molecule has 0 atom stereocenters. The van der Waals surface area contributed by atoms with Crippen LogP contribution in [-0.4, -0.2) is 35.2 Å². The van der Waals surface area contributed by atoms with Gasteiger partial charge in [0.15, 0.2) is 12.0 Å². The van der Waals surface area contributed by atoms with Gasteiger partial charge in [-0.15, -0.1) is 0 Å². The molecule has 0 aliphatic carbocycles. The monoisotopic (exact) mass is 369 g/mol. The fourth-order valence-electron chi connectivity index (χ4n) is 2.45. The van der Waals surface area contributed by atoms with Crippen molar-refractivity contribution in [3.05, 3.63) is 58.8 Å². The third kappa shape index (κ3) is 4.24. The molecule has 0 saturated carbocycles. The minimum absolute atomic E-state index is 0.00244. The fraction of sp³-hybridized carbons (Fsp3) is 0.105. The summed E-state index contributed by atoms with van der Waals surface area (Å²) in [6, 6.07) is 12.8. The number of aromatic hydroxyl groups is 1. The molecule has 1 amide bonds. The van der Waals surface area contributed by atoms with Crippen molar-refractivity contribution in [1.82, 2.24) is 5.32 Å². The van der Waals surface area contributed by atoms with E-state index in [1.165, 1.54) is 18.2 Å². The molecule has 8 heteroatoms. The normalized spacial score (nSPS) is 10.5. The number of fused-ring (bicyclic) bond motifs is 1. The number of nitrogens with one attached hydrogen (secondary N) is 1. The van der Waals surface area contributed by atoms with Gasteiger partial charge in [0.1, 0.15) is 34.8 Å². The molecule has 0 aliphatic heterocycles. The number of carboxylic acids is 1. The third-order valence-corrected chi connectivity index (χ3v) is 3.65. The number of carboxylic acid groups (broad SMARTS) is 1. The van der Waals surface area contributed by atoms with Crippen molar-refractivity contribution in [2.75, 3.05) is 13.2 Å². The smallest absolute Gasteiger partial charge is 0.322 e. The number of carbonyl (C=O) groups is 2. The second-order valence-corrected chi connectivity index (χ2v) is 5.62. The zero-order valence-electron chi connectivity index (χ0n) is 14.0. The largest absolute Gasteiger partial charge is 0.507 e. The first-order valence-corrected chi connectivity index (χ1v) is 7.91. The topological polar surface area (TPSA) is 126 Å². The molecule has 0 unspecified atom stereocenters. The Morgan fingerprint density at radius 2 is 1.85 bits per heavy atom. The van der Waals surface area contributed by atoms with Crippen LogP contribution in [0.5, 0.6) is 11.5 Å². The van der Waals surface area contributed by atoms with Gasteiger partial charge in [0, 0.05) is 23.8 Å². The van der Waals surface area contributed by atoms with E-state index in [-0.39, 0.29) is 22.5 Å². The zero-order chi connectivity index (χ0) is 19.4. The third-order valence-electron chi connectivity index (χ3n) is 3.65. The Kier molecular flexibility index (Phi) is 5.07. The zero-order valence-corrected chi connectivity index (χ0v) is 14.0. The first-order chi connectivity index (χ1) is 12.9. The highest BCUT2D eigenvalue weighted by Crippen LogP contribution is 2.31. The first-order valence-electron chi connectivity index (χ1n) is 7.91. The second-order valence-electron chi connectivity index (χ2n) is 5.62. The summed E-state index contributed by atoms with van der Waals surface area (Å²) >= 11 is 0. The molecule has 0 aliphatic rings. The molecule has 0 spiro atoms. The number of ether oxygens (including phenoxy) is 1. The molecular formula is C19H15NO7. The predicted octanol–water partition coefficient (Wildman–Crippen LogP) is 1.75. The van der Waals surface area contributed by atoms with E-state index in [0.717, 1.165) is 0 Å². The van der Waals surface area contributed by atoms with E-state index in [1.807, 2.05) is 6.07 Å². The van der Waals surface area contributed by atoms with E-state index in [2.05, 4.69) is 5.32 Å². The Bertz CT molecular complexity index is 1060. The lowest BCUT2D eigenvalue weighted by Gasteiger charge is -2.09. The number of aliphatic carboxylic acids is 1. The minimum Gasteiger partial charge on any atom is -0.507 e. The number of hydrogen-bond acceptors (Lipinski definition) is 6. The van der Waals surface area contributed by atoms with Crippen LogP contribution in [0.2, 0.25) is 0 Å². The van der Waals surface area contributed by atoms with Gasteiger partial charge < -0.3 is 24.7 Å². The number of carbonyl (C=O) groups excluding carboxylic acids is 1. The van der Waals surface area contributed by atoms with Crippen molar-refractivity contribution >= 4 is 22.8 Å². The van der Waals surface area contributed by atoms with Crippen LogP contribution in [0.1, 0.15) is 0 Å². The molecule has 1 heterocycles. The summed E-state index contributed by atoms with van der Waals surface area (Å²) in [7, 11) is 0. The Labute approximate surface area is 152 Å². The molecule has 0 radical (unpaired) electrons. The summed E-state index contributed by atoms with van der Waals surface area (Å²) in [5, 5.41) is 20.8. The predicted molar refractivity (Wildman–Crippen MR) is 95.7 cm³/mol. The van der Waals surface area contributed by atoms with Gasteiger partial charge in [-0.2, -0.15) is 0 Å². The van der Waals surface area contributed by atoms with E-state index >= 15 is 0 Å². The van der Waals surface area contributed by atoms with Crippen molar-refractivity contribution < 1.29 is 29.0 Å². The van der Waals surface area contributed by atoms with Gasteiger partial charge in [0.2, 0.25) is 0 Å². The summed E-state index contributed by atoms with van der Waals surface area (Å²) in [6.45, 7) is -0.985. The second kappa shape index (κ2) is 7.61. The average molecular weight is 369 g/mol. The molecule has 138 valence electrons. The van der Waals surface area contributed by atoms with Gasteiger partial charge in [-0.05, 0) is 0 Å². The van der Waals surface area contributed by atoms with Crippen molar-refractivity contribution in [3.8, 4) is 22.8 Å². The van der Waals surface area contributed by atoms with E-state index in [4.69, 9.17) is 14.3 Å². The van der Waals surface area contributed by atoms with Gasteiger partial charge in [0.25, 0.3) is 5.91 Å². The van der Waals surface area contributed by atoms with E-state index < -0.39 is 30.5 Å². The number of amides is 1. The van der Waals surface area contributed by atoms with Crippen LogP contribution in [0.25, 0.3) is 22.3 Å². The van der Waals surface area contributed by atoms with Crippen LogP contribution in [0.3, 0.4) is 0 Å². The summed E-state index contributed by atoms with van der Waals surface area (Å²) in [4.78, 5) is 34.3. The number of benzene rings is 2. The van der Waals surface area contributed by atoms with Crippen LogP contribution in [0.4, 0.5) is 0 Å². The van der Waals surface area contributed by atoms with Crippen LogP contribution in [-0.2, 0) is 9.59 Å². The molecule has 3 aromatic rings. The van der Waals surface area contributed by atoms with Gasteiger partial charge in [0.05, 0.1) is 0 Å². The van der Waals surface area contributed by atoms with Crippen LogP contribution in [0.15, 0.2) is 57.7 Å². The lowest BCUT2D eigenvalue weighted by molar-refractivity contribution is -0.138. The van der Waals surface area contributed by atoms with Crippen molar-refractivity contribution in [2.24, 2.45) is 0 Å². The van der Waals surface area contributed by atoms with Crippen LogP contribution < -0.4 is 15.5 Å². The van der Waals surface area contributed by atoms with E-state index in [0.29, 0.717) is 11.3 Å². The maximum atomic E-state index is 12.3. The Balaban J connectivity index is 1.89. The molecule has 8 nitrogen and oxygen atoms in total. The number of rotatable bonds is 6. The van der Waals surface area contributed by atoms with E-state index in [9.17, 15) is 19.5 Å². The van der Waals surface area contributed by atoms with Gasteiger partial charge in [-0.1, -0.05) is 30.3 Å². The minimum atomic E-state index is -1.18. The van der Waals surface area contributed by atoms with Crippen LogP contribution in [0, 0.1) is 0 Å². The maximum absolute atomic E-state index is 12.3. The van der Waals surface area contributed by atoms with Crippen molar-refractivity contribution in [3.63, 3.8) is 0 Å². The molecule has 0 fully saturated rings. The number of phenols is 1. The molecule has 3 N–H and O–H groups in total. The molecular weight excluding hydrogens is 354 g/mol. The Morgan fingerprint density at radius 1 is 1.11 bits per heavy atom.